The van der Waals surface area contributed by atoms with Crippen molar-refractivity contribution in [3.63, 3.8) is 0 Å². The molecular weight excluding hydrogens is 492 g/mol. The fourth-order valence-electron chi connectivity index (χ4n) is 4.86. The first-order valence-corrected chi connectivity index (χ1v) is 13.8. The molecule has 0 aliphatic carbocycles. The molecule has 2 atom stereocenters. The second-order valence-electron chi connectivity index (χ2n) is 12.3. The number of rotatable bonds is 7. The van der Waals surface area contributed by atoms with E-state index in [0.717, 1.165) is 22.3 Å². The third-order valence-corrected chi connectivity index (χ3v) is 7.08. The van der Waals surface area contributed by atoms with Crippen LogP contribution in [0.5, 0.6) is 11.5 Å². The average Bonchev–Trinajstić information content (AvgIpc) is 2.91. The highest BCUT2D eigenvalue weighted by Crippen LogP contribution is 2.38. The minimum atomic E-state index is -0.370. The Bertz CT molecular complexity index is 1360. The molecule has 4 rings (SSSR count). The number of benzene rings is 4. The van der Waals surface area contributed by atoms with Crippen molar-refractivity contribution in [2.75, 3.05) is 0 Å². The van der Waals surface area contributed by atoms with E-state index in [0.29, 0.717) is 11.1 Å². The number of hydrogen-bond donors (Lipinski definition) is 2. The predicted octanol–water partition coefficient (Wildman–Crippen LogP) is 8.71. The lowest BCUT2D eigenvalue weighted by molar-refractivity contribution is 0.445. The van der Waals surface area contributed by atoms with Crippen LogP contribution < -0.4 is 0 Å². The zero-order valence-electron chi connectivity index (χ0n) is 24.3. The van der Waals surface area contributed by atoms with E-state index in [9.17, 15) is 10.2 Å². The number of aromatic hydroxyl groups is 2. The molecule has 0 amide bonds. The Morgan fingerprint density at radius 1 is 0.500 bits per heavy atom. The van der Waals surface area contributed by atoms with Crippen LogP contribution in [-0.4, -0.2) is 22.6 Å². The van der Waals surface area contributed by atoms with Crippen LogP contribution in [0.1, 0.15) is 87.0 Å². The first-order chi connectivity index (χ1) is 19.0. The van der Waals surface area contributed by atoms with Crippen molar-refractivity contribution in [3.05, 3.63) is 130 Å². The predicted molar refractivity (Wildman–Crippen MR) is 167 cm³/mol. The van der Waals surface area contributed by atoms with Gasteiger partial charge in [-0.3, -0.25) is 9.98 Å². The first-order valence-electron chi connectivity index (χ1n) is 13.8. The minimum absolute atomic E-state index is 0.201. The monoisotopic (exact) mass is 532 g/mol. The molecule has 0 bridgehead atoms. The zero-order chi connectivity index (χ0) is 28.9. The summed E-state index contributed by atoms with van der Waals surface area (Å²) < 4.78 is 0. The van der Waals surface area contributed by atoms with Crippen LogP contribution in [0.3, 0.4) is 0 Å². The maximum absolute atomic E-state index is 11.1. The molecule has 2 N–H and O–H groups in total. The summed E-state index contributed by atoms with van der Waals surface area (Å²) in [4.78, 5) is 10.1. The molecule has 4 aromatic carbocycles. The number of para-hydroxylation sites is 2. The summed E-state index contributed by atoms with van der Waals surface area (Å²) >= 11 is 0. The summed E-state index contributed by atoms with van der Waals surface area (Å²) in [7, 11) is 0. The molecule has 0 unspecified atom stereocenters. The topological polar surface area (TPSA) is 65.2 Å². The molecule has 4 nitrogen and oxygen atoms in total. The number of phenols is 2. The maximum atomic E-state index is 11.1. The smallest absolute Gasteiger partial charge is 0.128 e. The third kappa shape index (κ3) is 6.69. The molecule has 0 saturated carbocycles. The van der Waals surface area contributed by atoms with Crippen LogP contribution >= 0.6 is 0 Å². The first kappa shape index (κ1) is 28.8. The van der Waals surface area contributed by atoms with Gasteiger partial charge in [0.2, 0.25) is 0 Å². The van der Waals surface area contributed by atoms with E-state index in [4.69, 9.17) is 9.98 Å². The normalized spacial score (nSPS) is 14.1. The van der Waals surface area contributed by atoms with Gasteiger partial charge in [-0.25, -0.2) is 0 Å². The highest BCUT2D eigenvalue weighted by molar-refractivity contribution is 5.85. The molecule has 0 fully saturated rings. The molecule has 0 aliphatic heterocycles. The molecule has 4 aromatic rings. The van der Waals surface area contributed by atoms with E-state index in [2.05, 4.69) is 65.8 Å². The van der Waals surface area contributed by atoms with Crippen molar-refractivity contribution in [2.45, 2.75) is 64.5 Å². The molecule has 206 valence electrons. The van der Waals surface area contributed by atoms with Crippen molar-refractivity contribution in [1.82, 2.24) is 0 Å². The standard InChI is InChI=1S/C36H40N2O2/c1-35(2,3)29-21-13-19-27(33(29)39)23-37-31(25-15-9-7-10-16-25)32(26-17-11-8-12-18-26)38-24-28-20-14-22-30(34(28)40)36(4,5)6/h7-24,31-32,39-40H,1-6H3/t31-,32-/m1/s1. The molecule has 0 radical (unpaired) electrons. The van der Waals surface area contributed by atoms with Crippen LogP contribution in [0.25, 0.3) is 0 Å². The van der Waals surface area contributed by atoms with Gasteiger partial charge in [-0.1, -0.05) is 126 Å². The summed E-state index contributed by atoms with van der Waals surface area (Å²) in [5.74, 6) is 0.489. The van der Waals surface area contributed by atoms with E-state index in [1.807, 2.05) is 72.8 Å². The van der Waals surface area contributed by atoms with E-state index in [1.54, 1.807) is 12.4 Å². The van der Waals surface area contributed by atoms with Gasteiger partial charge in [0, 0.05) is 23.6 Å². The van der Waals surface area contributed by atoms with Crippen LogP contribution in [0.4, 0.5) is 0 Å². The van der Waals surface area contributed by atoms with Gasteiger partial charge in [0.25, 0.3) is 0 Å². The Morgan fingerprint density at radius 3 is 1.18 bits per heavy atom. The van der Waals surface area contributed by atoms with Gasteiger partial charge in [0.05, 0.1) is 0 Å². The van der Waals surface area contributed by atoms with Crippen LogP contribution in [-0.2, 0) is 10.8 Å². The Balaban J connectivity index is 1.83. The van der Waals surface area contributed by atoms with Crippen molar-refractivity contribution in [3.8, 4) is 11.5 Å². The van der Waals surface area contributed by atoms with E-state index in [1.165, 1.54) is 0 Å². The number of phenolic OH excluding ortho intramolecular Hbond substituents is 2. The fraction of sp³-hybridized carbons (Fsp3) is 0.278. The van der Waals surface area contributed by atoms with Gasteiger partial charge >= 0.3 is 0 Å². The molecule has 0 spiro atoms. The highest BCUT2D eigenvalue weighted by atomic mass is 16.3. The summed E-state index contributed by atoms with van der Waals surface area (Å²) in [6, 6.07) is 31.0. The van der Waals surface area contributed by atoms with Gasteiger partial charge in [-0.15, -0.1) is 0 Å². The number of aliphatic imine (C=N–C) groups is 2. The van der Waals surface area contributed by atoms with Gasteiger partial charge in [0.15, 0.2) is 0 Å². The molecule has 0 aliphatic rings. The molecule has 40 heavy (non-hydrogen) atoms. The largest absolute Gasteiger partial charge is 0.507 e. The Morgan fingerprint density at radius 2 is 0.850 bits per heavy atom. The Hall–Kier alpha value is -4.18. The Labute approximate surface area is 238 Å². The molecule has 4 heteroatoms. The van der Waals surface area contributed by atoms with Crippen molar-refractivity contribution in [2.24, 2.45) is 9.98 Å². The average molecular weight is 533 g/mol. The molecule has 0 saturated heterocycles. The lowest BCUT2D eigenvalue weighted by Crippen LogP contribution is -2.12. The minimum Gasteiger partial charge on any atom is -0.507 e. The lowest BCUT2D eigenvalue weighted by atomic mass is 9.85. The Kier molecular flexibility index (Phi) is 8.58. The van der Waals surface area contributed by atoms with E-state index < -0.39 is 0 Å². The molecule has 0 heterocycles. The van der Waals surface area contributed by atoms with Crippen LogP contribution in [0, 0.1) is 0 Å². The van der Waals surface area contributed by atoms with Crippen molar-refractivity contribution < 1.29 is 10.2 Å². The SMILES string of the molecule is CC(C)(C)c1cccc(C=N[C@H](c2ccccc2)[C@H](N=Cc2cccc(C(C)(C)C)c2O)c2ccccc2)c1O. The highest BCUT2D eigenvalue weighted by Gasteiger charge is 2.25. The summed E-state index contributed by atoms with van der Waals surface area (Å²) in [6.45, 7) is 12.5. The van der Waals surface area contributed by atoms with Crippen LogP contribution in [0.15, 0.2) is 107 Å². The van der Waals surface area contributed by atoms with Gasteiger partial charge in [0.1, 0.15) is 23.6 Å². The number of hydrogen-bond acceptors (Lipinski definition) is 4. The zero-order valence-corrected chi connectivity index (χ0v) is 24.3. The van der Waals surface area contributed by atoms with Gasteiger partial charge in [-0.05, 0) is 45.2 Å². The summed E-state index contributed by atoms with van der Waals surface area (Å²) in [6.07, 6.45) is 3.51. The summed E-state index contributed by atoms with van der Waals surface area (Å²) in [5, 5.41) is 22.2. The molecular formula is C36H40N2O2. The van der Waals surface area contributed by atoms with Gasteiger partial charge < -0.3 is 10.2 Å². The third-order valence-electron chi connectivity index (χ3n) is 7.08. The van der Waals surface area contributed by atoms with Crippen LogP contribution in [0.2, 0.25) is 0 Å². The quantitative estimate of drug-likeness (QED) is 0.234. The van der Waals surface area contributed by atoms with Crippen molar-refractivity contribution in [1.29, 1.82) is 0 Å². The number of nitrogens with zero attached hydrogens (tertiary/aromatic N) is 2. The summed E-state index contributed by atoms with van der Waals surface area (Å²) in [5.41, 5.74) is 4.69. The van der Waals surface area contributed by atoms with E-state index in [-0.39, 0.29) is 34.4 Å². The maximum Gasteiger partial charge on any atom is 0.128 e. The lowest BCUT2D eigenvalue weighted by Gasteiger charge is -2.23. The van der Waals surface area contributed by atoms with E-state index >= 15 is 0 Å². The fourth-order valence-corrected chi connectivity index (χ4v) is 4.86. The van der Waals surface area contributed by atoms with Crippen molar-refractivity contribution >= 4 is 12.4 Å². The second-order valence-corrected chi connectivity index (χ2v) is 12.3. The molecule has 0 aromatic heterocycles. The van der Waals surface area contributed by atoms with Gasteiger partial charge in [-0.2, -0.15) is 0 Å². The second kappa shape index (κ2) is 11.9.